The van der Waals surface area contributed by atoms with Gasteiger partial charge in [-0.25, -0.2) is 5.43 Å². The zero-order valence-corrected chi connectivity index (χ0v) is 33.4. The lowest BCUT2D eigenvalue weighted by atomic mass is 10.1. The van der Waals surface area contributed by atoms with E-state index in [2.05, 4.69) is 30.0 Å². The summed E-state index contributed by atoms with van der Waals surface area (Å²) in [6.45, 7) is 7.02. The minimum Gasteiger partial charge on any atom is -0.394 e. The number of hydrogen-bond acceptors (Lipinski definition) is 9. The van der Waals surface area contributed by atoms with Gasteiger partial charge >= 0.3 is 0 Å². The summed E-state index contributed by atoms with van der Waals surface area (Å²) in [5.74, 6) is -0.105. The molecule has 0 radical (unpaired) electrons. The molecule has 12 nitrogen and oxygen atoms in total. The van der Waals surface area contributed by atoms with Crippen molar-refractivity contribution in [2.24, 2.45) is 5.73 Å². The molecule has 0 aromatic carbocycles. The average Bonchev–Trinajstić information content (AvgIpc) is 3.15. The summed E-state index contributed by atoms with van der Waals surface area (Å²) in [5, 5.41) is 21.1. The molecule has 0 saturated heterocycles. The minimum absolute atomic E-state index is 0.134. The summed E-state index contributed by atoms with van der Waals surface area (Å²) >= 11 is 0. The third kappa shape index (κ3) is 29.3. The Morgan fingerprint density at radius 2 is 0.981 bits per heavy atom. The van der Waals surface area contributed by atoms with Crippen LogP contribution in [-0.4, -0.2) is 109 Å². The molecular weight excluding hydrogens is 660 g/mol. The number of amides is 3. The van der Waals surface area contributed by atoms with Crippen molar-refractivity contribution < 1.29 is 29.4 Å². The number of carbonyl (C=O) groups excluding carboxylic acids is 4. The first-order valence-corrected chi connectivity index (χ1v) is 21.1. The van der Waals surface area contributed by atoms with Gasteiger partial charge < -0.3 is 35.9 Å². The smallest absolute Gasteiger partial charge is 0.239 e. The number of nitrogens with two attached hydrogens (primary N) is 1. The molecule has 2 atom stereocenters. The summed E-state index contributed by atoms with van der Waals surface area (Å²) in [6, 6.07) is -1.61. The van der Waals surface area contributed by atoms with E-state index in [4.69, 9.17) is 10.8 Å². The van der Waals surface area contributed by atoms with E-state index in [0.717, 1.165) is 44.9 Å². The van der Waals surface area contributed by atoms with Gasteiger partial charge in [0, 0.05) is 52.1 Å². The molecule has 0 aliphatic rings. The molecule has 0 saturated carbocycles. The molecule has 12 heteroatoms. The van der Waals surface area contributed by atoms with Crippen LogP contribution in [0.1, 0.15) is 168 Å². The van der Waals surface area contributed by atoms with Crippen LogP contribution in [0.15, 0.2) is 0 Å². The summed E-state index contributed by atoms with van der Waals surface area (Å²) in [5.41, 5.74) is 11.4. The molecule has 0 aliphatic heterocycles. The third-order valence-corrected chi connectivity index (χ3v) is 9.62. The molecule has 0 aliphatic carbocycles. The summed E-state index contributed by atoms with van der Waals surface area (Å²) in [7, 11) is 0. The monoisotopic (exact) mass is 741 g/mol. The fourth-order valence-corrected chi connectivity index (χ4v) is 6.20. The predicted octanol–water partition coefficient (Wildman–Crippen LogP) is 5.14. The van der Waals surface area contributed by atoms with Crippen LogP contribution < -0.4 is 21.9 Å². The molecule has 0 heterocycles. The van der Waals surface area contributed by atoms with Crippen molar-refractivity contribution in [1.29, 1.82) is 0 Å². The highest BCUT2D eigenvalue weighted by Crippen LogP contribution is 2.14. The van der Waals surface area contributed by atoms with Crippen LogP contribution in [0.5, 0.6) is 0 Å². The predicted molar refractivity (Wildman–Crippen MR) is 211 cm³/mol. The van der Waals surface area contributed by atoms with Gasteiger partial charge in [0.05, 0.1) is 19.3 Å². The van der Waals surface area contributed by atoms with Gasteiger partial charge in [-0.15, -0.1) is 0 Å². The number of hydrazine groups is 1. The van der Waals surface area contributed by atoms with Crippen molar-refractivity contribution in [3.05, 3.63) is 0 Å². The first-order valence-electron chi connectivity index (χ1n) is 21.1. The van der Waals surface area contributed by atoms with Crippen LogP contribution in [0.25, 0.3) is 0 Å². The highest BCUT2D eigenvalue weighted by molar-refractivity contribution is 5.81. The molecule has 306 valence electrons. The zero-order chi connectivity index (χ0) is 38.5. The van der Waals surface area contributed by atoms with E-state index in [1.165, 1.54) is 83.5 Å². The molecule has 0 spiro atoms. The van der Waals surface area contributed by atoms with Crippen molar-refractivity contribution >= 4 is 24.0 Å². The lowest BCUT2D eigenvalue weighted by Crippen LogP contribution is -2.45. The molecule has 7 N–H and O–H groups in total. The van der Waals surface area contributed by atoms with Crippen molar-refractivity contribution in [2.75, 3.05) is 52.5 Å². The number of nitrogens with zero attached hydrogens (tertiary/aromatic N) is 2. The normalized spacial score (nSPS) is 12.4. The zero-order valence-electron chi connectivity index (χ0n) is 33.4. The van der Waals surface area contributed by atoms with Crippen molar-refractivity contribution in [3.63, 3.8) is 0 Å². The van der Waals surface area contributed by atoms with Crippen molar-refractivity contribution in [2.45, 2.75) is 180 Å². The maximum atomic E-state index is 13.3. The topological polar surface area (TPSA) is 177 Å². The Morgan fingerprint density at radius 3 is 1.38 bits per heavy atom. The number of aliphatic hydroxyl groups excluding tert-OH is 2. The van der Waals surface area contributed by atoms with Gasteiger partial charge in [0.2, 0.25) is 17.7 Å². The molecule has 0 fully saturated rings. The Morgan fingerprint density at radius 1 is 0.577 bits per heavy atom. The largest absolute Gasteiger partial charge is 0.394 e. The number of unbranched alkanes of at least 4 members (excludes halogenated alkanes) is 17. The van der Waals surface area contributed by atoms with Crippen molar-refractivity contribution in [3.8, 4) is 0 Å². The molecular formula is C40H80N6O6. The van der Waals surface area contributed by atoms with E-state index in [1.54, 1.807) is 0 Å². The van der Waals surface area contributed by atoms with Crippen LogP contribution in [-0.2, 0) is 19.2 Å². The second-order valence-corrected chi connectivity index (χ2v) is 14.4. The molecule has 0 unspecified atom stereocenters. The quantitative estimate of drug-likeness (QED) is 0.0283. The number of aliphatic hydroxyl groups is 2. The van der Waals surface area contributed by atoms with Crippen LogP contribution >= 0.6 is 0 Å². The second kappa shape index (κ2) is 37.2. The third-order valence-electron chi connectivity index (χ3n) is 9.62. The van der Waals surface area contributed by atoms with Crippen molar-refractivity contribution in [1.82, 2.24) is 26.0 Å². The number of carbonyl (C=O) groups is 4. The lowest BCUT2D eigenvalue weighted by Gasteiger charge is -2.26. The van der Waals surface area contributed by atoms with Gasteiger partial charge in [0.1, 0.15) is 12.3 Å². The minimum atomic E-state index is -0.948. The maximum absolute atomic E-state index is 13.3. The Kier molecular flexibility index (Phi) is 35.7. The van der Waals surface area contributed by atoms with E-state index in [9.17, 15) is 24.3 Å². The second-order valence-electron chi connectivity index (χ2n) is 14.4. The Labute approximate surface area is 317 Å². The van der Waals surface area contributed by atoms with Crippen LogP contribution in [0.4, 0.5) is 0 Å². The van der Waals surface area contributed by atoms with Crippen LogP contribution in [0, 0.1) is 0 Å². The maximum Gasteiger partial charge on any atom is 0.239 e. The standard InChI is InChI=1S/C40H80N6O6/c1-3-5-7-9-11-13-15-17-19-25-38(50)45(31-23-27-42-40(52)37(41)35-49)29-21-22-30-46(32-24-28-43-44-36(33-47)34-48)39(51)26-20-18-16-14-12-10-8-6-4-2/h33,36-37,43-44,48-49H,3-32,34-35,41H2,1-2H3,(H,42,52)/t36-,37-/m0/s1. The van der Waals surface area contributed by atoms with Gasteiger partial charge in [0.25, 0.3) is 0 Å². The lowest BCUT2D eigenvalue weighted by molar-refractivity contribution is -0.133. The fourth-order valence-electron chi connectivity index (χ4n) is 6.20. The van der Waals surface area contributed by atoms with E-state index in [-0.39, 0.29) is 18.4 Å². The molecule has 3 amide bonds. The molecule has 0 aromatic rings. The van der Waals surface area contributed by atoms with Gasteiger partial charge in [0.15, 0.2) is 0 Å². The highest BCUT2D eigenvalue weighted by Gasteiger charge is 2.17. The summed E-state index contributed by atoms with van der Waals surface area (Å²) < 4.78 is 0. The number of rotatable bonds is 39. The van der Waals surface area contributed by atoms with E-state index >= 15 is 0 Å². The molecule has 0 aromatic heterocycles. The van der Waals surface area contributed by atoms with Gasteiger partial charge in [-0.1, -0.05) is 117 Å². The number of nitrogens with one attached hydrogen (secondary N) is 3. The molecule has 0 bridgehead atoms. The number of hydrogen-bond donors (Lipinski definition) is 6. The van der Waals surface area contributed by atoms with E-state index < -0.39 is 24.6 Å². The van der Waals surface area contributed by atoms with Crippen LogP contribution in [0.3, 0.4) is 0 Å². The Bertz CT molecular complexity index is 866. The SMILES string of the molecule is CCCCCCCCCCCC(=O)N(CCCCN(CCCNC(=O)[C@@H](N)CO)C(=O)CCCCCCCCCCC)CCCNN[C@@H](C=O)CO. The highest BCUT2D eigenvalue weighted by atomic mass is 16.3. The summed E-state index contributed by atoms with van der Waals surface area (Å²) in [6.07, 6.45) is 26.1. The van der Waals surface area contributed by atoms with Gasteiger partial charge in [-0.2, -0.15) is 0 Å². The van der Waals surface area contributed by atoms with Gasteiger partial charge in [-0.3, -0.25) is 19.8 Å². The summed E-state index contributed by atoms with van der Waals surface area (Å²) in [4.78, 5) is 53.3. The molecule has 0 rings (SSSR count). The van der Waals surface area contributed by atoms with E-state index in [1.807, 2.05) is 9.80 Å². The Hall–Kier alpha value is -2.12. The first kappa shape index (κ1) is 49.9. The van der Waals surface area contributed by atoms with Crippen LogP contribution in [0.2, 0.25) is 0 Å². The fraction of sp³-hybridized carbons (Fsp3) is 0.900. The van der Waals surface area contributed by atoms with E-state index in [0.29, 0.717) is 71.2 Å². The number of aldehydes is 1. The van der Waals surface area contributed by atoms with Gasteiger partial charge in [-0.05, 0) is 38.5 Å². The molecule has 52 heavy (non-hydrogen) atoms. The Balaban J connectivity index is 4.96. The average molecular weight is 741 g/mol. The first-order chi connectivity index (χ1) is 25.3.